The van der Waals surface area contributed by atoms with Gasteiger partial charge in [-0.3, -0.25) is 4.99 Å². The van der Waals surface area contributed by atoms with E-state index in [2.05, 4.69) is 34.4 Å². The van der Waals surface area contributed by atoms with Crippen molar-refractivity contribution in [2.45, 2.75) is 39.7 Å². The summed E-state index contributed by atoms with van der Waals surface area (Å²) in [6.07, 6.45) is 2.59. The summed E-state index contributed by atoms with van der Waals surface area (Å²) < 4.78 is 11.2. The Morgan fingerprint density at radius 3 is 2.69 bits per heavy atom. The lowest BCUT2D eigenvalue weighted by atomic mass is 9.97. The van der Waals surface area contributed by atoms with Gasteiger partial charge in [-0.1, -0.05) is 19.9 Å². The van der Waals surface area contributed by atoms with Gasteiger partial charge in [-0.25, -0.2) is 0 Å². The molecule has 2 unspecified atom stereocenters. The van der Waals surface area contributed by atoms with Gasteiger partial charge in [-0.15, -0.1) is 24.0 Å². The van der Waals surface area contributed by atoms with E-state index in [1.54, 1.807) is 7.11 Å². The van der Waals surface area contributed by atoms with E-state index in [4.69, 9.17) is 9.47 Å². The van der Waals surface area contributed by atoms with Gasteiger partial charge in [0.1, 0.15) is 17.6 Å². The third-order valence-electron chi connectivity index (χ3n) is 4.94. The molecule has 1 aromatic carbocycles. The average molecular weight is 518 g/mol. The molecule has 0 bridgehead atoms. The largest absolute Gasteiger partial charge is 0.497 e. The highest BCUT2D eigenvalue weighted by Crippen LogP contribution is 2.20. The number of methoxy groups -OCH3 is 1. The van der Waals surface area contributed by atoms with Crippen molar-refractivity contribution in [3.8, 4) is 11.5 Å². The van der Waals surface area contributed by atoms with E-state index in [1.165, 1.54) is 32.5 Å². The Morgan fingerprint density at radius 1 is 1.24 bits per heavy atom. The number of aliphatic imine (C=N–C) groups is 1. The van der Waals surface area contributed by atoms with E-state index < -0.39 is 0 Å². The fourth-order valence-electron chi connectivity index (χ4n) is 3.65. The summed E-state index contributed by atoms with van der Waals surface area (Å²) in [6, 6.07) is 7.68. The van der Waals surface area contributed by atoms with Crippen molar-refractivity contribution in [2.75, 3.05) is 46.9 Å². The highest BCUT2D eigenvalue weighted by molar-refractivity contribution is 14.0. The van der Waals surface area contributed by atoms with Crippen LogP contribution in [0.3, 0.4) is 0 Å². The number of halogens is 1. The molecule has 0 amide bonds. The lowest BCUT2D eigenvalue weighted by molar-refractivity contribution is 0.159. The molecule has 166 valence electrons. The number of nitrogens with zero attached hydrogens (tertiary/aromatic N) is 2. The first-order valence-electron chi connectivity index (χ1n) is 10.5. The molecule has 2 N–H and O–H groups in total. The topological polar surface area (TPSA) is 58.1 Å². The van der Waals surface area contributed by atoms with Crippen LogP contribution in [-0.2, 0) is 0 Å². The molecule has 0 spiro atoms. The maximum Gasteiger partial charge on any atom is 0.191 e. The Labute approximate surface area is 193 Å². The van der Waals surface area contributed by atoms with Gasteiger partial charge in [0.15, 0.2) is 5.96 Å². The third kappa shape index (κ3) is 9.89. The number of benzene rings is 1. The van der Waals surface area contributed by atoms with E-state index in [-0.39, 0.29) is 30.1 Å². The molecule has 0 saturated carbocycles. The number of likely N-dealkylation sites (tertiary alicyclic amines) is 1. The third-order valence-corrected chi connectivity index (χ3v) is 4.94. The first-order valence-corrected chi connectivity index (χ1v) is 10.5. The molecule has 2 rings (SSSR count). The molecule has 0 aromatic heterocycles. The Morgan fingerprint density at radius 2 is 2.00 bits per heavy atom. The van der Waals surface area contributed by atoms with Gasteiger partial charge in [-0.05, 0) is 50.3 Å². The number of hydrogen-bond donors (Lipinski definition) is 2. The lowest BCUT2D eigenvalue weighted by Gasteiger charge is -2.34. The molecule has 0 radical (unpaired) electrons. The zero-order chi connectivity index (χ0) is 20.4. The number of nitrogens with one attached hydrogen (secondary N) is 2. The molecule has 2 atom stereocenters. The van der Waals surface area contributed by atoms with Gasteiger partial charge in [0.2, 0.25) is 0 Å². The minimum Gasteiger partial charge on any atom is -0.497 e. The Hall–Kier alpha value is -1.22. The number of rotatable bonds is 9. The van der Waals surface area contributed by atoms with Crippen molar-refractivity contribution < 1.29 is 9.47 Å². The number of piperidine rings is 1. The molecule has 1 aliphatic rings. The van der Waals surface area contributed by atoms with E-state index in [0.717, 1.165) is 29.9 Å². The second-order valence-corrected chi connectivity index (χ2v) is 8.10. The molecule has 6 nitrogen and oxygen atoms in total. The van der Waals surface area contributed by atoms with Crippen molar-refractivity contribution in [1.29, 1.82) is 0 Å². The van der Waals surface area contributed by atoms with Crippen molar-refractivity contribution >= 4 is 29.9 Å². The van der Waals surface area contributed by atoms with Crippen LogP contribution >= 0.6 is 24.0 Å². The first kappa shape index (κ1) is 25.8. The predicted molar refractivity (Wildman–Crippen MR) is 132 cm³/mol. The van der Waals surface area contributed by atoms with E-state index in [0.29, 0.717) is 12.5 Å². The van der Waals surface area contributed by atoms with Crippen LogP contribution in [0.25, 0.3) is 0 Å². The van der Waals surface area contributed by atoms with Gasteiger partial charge >= 0.3 is 0 Å². The predicted octanol–water partition coefficient (Wildman–Crippen LogP) is 3.61. The standard InChI is InChI=1S/C22H38N4O2.HI/c1-17(2)15-26-11-7-8-19(16-26)14-25-22(23-4)24-13-18(3)28-21-10-6-9-20(12-21)27-5;/h6,9-10,12,17-19H,7-8,11,13-16H2,1-5H3,(H2,23,24,25);1H. The molecule has 1 aliphatic heterocycles. The minimum atomic E-state index is 0. The van der Waals surface area contributed by atoms with Gasteiger partial charge in [0, 0.05) is 32.7 Å². The molecule has 1 aromatic rings. The lowest BCUT2D eigenvalue weighted by Crippen LogP contribution is -2.46. The molecule has 7 heteroatoms. The number of ether oxygens (including phenoxy) is 2. The molecular weight excluding hydrogens is 479 g/mol. The number of guanidine groups is 1. The van der Waals surface area contributed by atoms with E-state index in [9.17, 15) is 0 Å². The Bertz CT molecular complexity index is 612. The van der Waals surface area contributed by atoms with Crippen LogP contribution in [0.15, 0.2) is 29.3 Å². The van der Waals surface area contributed by atoms with Crippen molar-refractivity contribution in [2.24, 2.45) is 16.8 Å². The molecule has 0 aliphatic carbocycles. The molecule has 29 heavy (non-hydrogen) atoms. The summed E-state index contributed by atoms with van der Waals surface area (Å²) in [5.74, 6) is 3.85. The van der Waals surface area contributed by atoms with Crippen LogP contribution in [0.5, 0.6) is 11.5 Å². The normalized spacial score (nSPS) is 18.7. The van der Waals surface area contributed by atoms with Crippen molar-refractivity contribution in [1.82, 2.24) is 15.5 Å². The van der Waals surface area contributed by atoms with E-state index >= 15 is 0 Å². The monoisotopic (exact) mass is 518 g/mol. The Kier molecular flexibility index (Phi) is 12.4. The van der Waals surface area contributed by atoms with Gasteiger partial charge < -0.3 is 25.0 Å². The van der Waals surface area contributed by atoms with Crippen LogP contribution in [0.4, 0.5) is 0 Å². The van der Waals surface area contributed by atoms with Crippen molar-refractivity contribution in [3.63, 3.8) is 0 Å². The summed E-state index contributed by atoms with van der Waals surface area (Å²) in [7, 11) is 3.48. The molecule has 1 heterocycles. The van der Waals surface area contributed by atoms with Crippen LogP contribution < -0.4 is 20.1 Å². The molecular formula is C22H39IN4O2. The van der Waals surface area contributed by atoms with Crippen LogP contribution in [0.2, 0.25) is 0 Å². The molecule has 1 fully saturated rings. The number of hydrogen-bond acceptors (Lipinski definition) is 4. The zero-order valence-corrected chi connectivity index (χ0v) is 20.9. The Balaban J connectivity index is 0.00000420. The summed E-state index contributed by atoms with van der Waals surface area (Å²) in [6.45, 7) is 11.9. The van der Waals surface area contributed by atoms with Gasteiger partial charge in [0.05, 0.1) is 13.7 Å². The maximum atomic E-state index is 5.97. The summed E-state index contributed by atoms with van der Waals surface area (Å²) in [5, 5.41) is 6.86. The quantitative estimate of drug-likeness (QED) is 0.297. The van der Waals surface area contributed by atoms with Gasteiger partial charge in [-0.2, -0.15) is 0 Å². The summed E-state index contributed by atoms with van der Waals surface area (Å²) in [4.78, 5) is 6.95. The second kappa shape index (κ2) is 13.9. The van der Waals surface area contributed by atoms with Gasteiger partial charge in [0.25, 0.3) is 0 Å². The SMILES string of the molecule is CN=C(NCC1CCCN(CC(C)C)C1)NCC(C)Oc1cccc(OC)c1.I. The highest BCUT2D eigenvalue weighted by Gasteiger charge is 2.20. The van der Waals surface area contributed by atoms with Crippen LogP contribution in [0.1, 0.15) is 33.6 Å². The smallest absolute Gasteiger partial charge is 0.191 e. The second-order valence-electron chi connectivity index (χ2n) is 8.10. The fourth-order valence-corrected chi connectivity index (χ4v) is 3.65. The highest BCUT2D eigenvalue weighted by atomic mass is 127. The summed E-state index contributed by atoms with van der Waals surface area (Å²) in [5.41, 5.74) is 0. The molecule has 1 saturated heterocycles. The van der Waals surface area contributed by atoms with E-state index in [1.807, 2.05) is 38.2 Å². The average Bonchev–Trinajstić information content (AvgIpc) is 2.68. The zero-order valence-electron chi connectivity index (χ0n) is 18.6. The van der Waals surface area contributed by atoms with Crippen LogP contribution in [-0.4, -0.2) is 63.8 Å². The first-order chi connectivity index (χ1) is 13.5. The van der Waals surface area contributed by atoms with Crippen LogP contribution in [0, 0.1) is 11.8 Å². The summed E-state index contributed by atoms with van der Waals surface area (Å²) >= 11 is 0. The minimum absolute atomic E-state index is 0. The van der Waals surface area contributed by atoms with Crippen molar-refractivity contribution in [3.05, 3.63) is 24.3 Å². The maximum absolute atomic E-state index is 5.97. The fraction of sp³-hybridized carbons (Fsp3) is 0.682.